The Bertz CT molecular complexity index is 126. The summed E-state index contributed by atoms with van der Waals surface area (Å²) in [6.45, 7) is 2.25. The molecule has 0 rings (SSSR count). The molecule has 0 aromatic rings. The van der Waals surface area contributed by atoms with Gasteiger partial charge < -0.3 is 19.3 Å². The molecule has 0 aliphatic rings. The molecule has 0 bridgehead atoms. The average molecular weight is 192 g/mol. The van der Waals surface area contributed by atoms with Crippen LogP contribution in [0.5, 0.6) is 0 Å². The second-order valence-corrected chi connectivity index (χ2v) is 2.36. The van der Waals surface area contributed by atoms with Crippen LogP contribution in [-0.2, 0) is 19.0 Å². The van der Waals surface area contributed by atoms with Gasteiger partial charge in [0.25, 0.3) is 0 Å². The predicted octanol–water partition coefficient (Wildman–Crippen LogP) is 0.141. The largest absolute Gasteiger partial charge is 0.481 e. The molecule has 13 heavy (non-hydrogen) atoms. The fraction of sp³-hybridized carbons (Fsp3) is 0.875. The zero-order valence-electron chi connectivity index (χ0n) is 7.82. The third-order valence-corrected chi connectivity index (χ3v) is 1.26. The minimum absolute atomic E-state index is 0.0398. The first-order valence-corrected chi connectivity index (χ1v) is 4.13. The quantitative estimate of drug-likeness (QED) is 0.526. The number of carbonyl (C=O) groups is 1. The van der Waals surface area contributed by atoms with Crippen molar-refractivity contribution in [3.05, 3.63) is 0 Å². The summed E-state index contributed by atoms with van der Waals surface area (Å²) in [6, 6.07) is 0. The van der Waals surface area contributed by atoms with Gasteiger partial charge in [0.1, 0.15) is 0 Å². The fourth-order valence-corrected chi connectivity index (χ4v) is 0.624. The molecule has 0 aliphatic heterocycles. The smallest absolute Gasteiger partial charge is 0.305 e. The van der Waals surface area contributed by atoms with E-state index in [1.165, 1.54) is 0 Å². The van der Waals surface area contributed by atoms with Gasteiger partial charge >= 0.3 is 5.97 Å². The van der Waals surface area contributed by atoms with Gasteiger partial charge in [0.05, 0.1) is 39.5 Å². The molecule has 0 aromatic carbocycles. The van der Waals surface area contributed by atoms with Gasteiger partial charge in [-0.05, 0) is 0 Å². The molecule has 0 amide bonds. The SMILES string of the molecule is COCCOCCOCCC(=O)O. The molecular formula is C8H16O5. The summed E-state index contributed by atoms with van der Waals surface area (Å²) in [5, 5.41) is 8.26. The molecule has 1 N–H and O–H groups in total. The molecule has 78 valence electrons. The van der Waals surface area contributed by atoms with Gasteiger partial charge in [-0.2, -0.15) is 0 Å². The molecule has 0 aliphatic carbocycles. The van der Waals surface area contributed by atoms with E-state index in [4.69, 9.17) is 19.3 Å². The highest BCUT2D eigenvalue weighted by atomic mass is 16.5. The number of hydrogen-bond acceptors (Lipinski definition) is 4. The first-order valence-electron chi connectivity index (χ1n) is 4.13. The number of hydrogen-bond donors (Lipinski definition) is 1. The van der Waals surface area contributed by atoms with Crippen molar-refractivity contribution >= 4 is 5.97 Å². The van der Waals surface area contributed by atoms with Crippen LogP contribution < -0.4 is 0 Å². The van der Waals surface area contributed by atoms with Crippen molar-refractivity contribution in [1.29, 1.82) is 0 Å². The van der Waals surface area contributed by atoms with Gasteiger partial charge in [-0.3, -0.25) is 4.79 Å². The molecular weight excluding hydrogens is 176 g/mol. The van der Waals surface area contributed by atoms with Crippen LogP contribution in [0.4, 0.5) is 0 Å². The Morgan fingerprint density at radius 1 is 1.08 bits per heavy atom. The maximum absolute atomic E-state index is 10.0. The van der Waals surface area contributed by atoms with Gasteiger partial charge in [-0.1, -0.05) is 0 Å². The van der Waals surface area contributed by atoms with E-state index >= 15 is 0 Å². The van der Waals surface area contributed by atoms with Crippen LogP contribution in [0.2, 0.25) is 0 Å². The van der Waals surface area contributed by atoms with E-state index in [9.17, 15) is 4.79 Å². The van der Waals surface area contributed by atoms with E-state index in [2.05, 4.69) is 0 Å². The normalized spacial score (nSPS) is 10.2. The molecule has 0 aromatic heterocycles. The highest BCUT2D eigenvalue weighted by molar-refractivity contribution is 5.66. The van der Waals surface area contributed by atoms with Gasteiger partial charge in [0.2, 0.25) is 0 Å². The molecule has 0 heterocycles. The molecule has 5 nitrogen and oxygen atoms in total. The second kappa shape index (κ2) is 9.44. The van der Waals surface area contributed by atoms with Gasteiger partial charge in [-0.25, -0.2) is 0 Å². The zero-order valence-corrected chi connectivity index (χ0v) is 7.82. The molecule has 0 spiro atoms. The molecule has 0 unspecified atom stereocenters. The standard InChI is InChI=1S/C8H16O5/c1-11-4-5-13-7-6-12-3-2-8(9)10/h2-7H2,1H3,(H,9,10). The minimum atomic E-state index is -0.847. The number of aliphatic carboxylic acids is 1. The minimum Gasteiger partial charge on any atom is -0.481 e. The Hall–Kier alpha value is -0.650. The maximum atomic E-state index is 10.0. The average Bonchev–Trinajstić information content (AvgIpc) is 2.09. The van der Waals surface area contributed by atoms with Crippen LogP contribution in [0, 0.1) is 0 Å². The molecule has 0 saturated heterocycles. The van der Waals surface area contributed by atoms with E-state index in [0.717, 1.165) is 0 Å². The van der Waals surface area contributed by atoms with E-state index in [1.54, 1.807) is 7.11 Å². The van der Waals surface area contributed by atoms with Crippen molar-refractivity contribution in [3.63, 3.8) is 0 Å². The summed E-state index contributed by atoms with van der Waals surface area (Å²) in [4.78, 5) is 10.0. The summed E-state index contributed by atoms with van der Waals surface area (Å²) >= 11 is 0. The Morgan fingerprint density at radius 3 is 2.15 bits per heavy atom. The molecule has 0 saturated carbocycles. The lowest BCUT2D eigenvalue weighted by Crippen LogP contribution is -2.10. The summed E-state index contributed by atoms with van der Waals surface area (Å²) < 4.78 is 14.8. The number of ether oxygens (including phenoxy) is 3. The van der Waals surface area contributed by atoms with Crippen molar-refractivity contribution in [2.45, 2.75) is 6.42 Å². The highest BCUT2D eigenvalue weighted by Crippen LogP contribution is 1.83. The maximum Gasteiger partial charge on any atom is 0.305 e. The Morgan fingerprint density at radius 2 is 1.62 bits per heavy atom. The number of methoxy groups -OCH3 is 1. The number of rotatable bonds is 9. The van der Waals surface area contributed by atoms with Crippen LogP contribution in [0.15, 0.2) is 0 Å². The van der Waals surface area contributed by atoms with Crippen LogP contribution in [0.1, 0.15) is 6.42 Å². The van der Waals surface area contributed by atoms with E-state index < -0.39 is 5.97 Å². The summed E-state index contributed by atoms with van der Waals surface area (Å²) in [7, 11) is 1.60. The van der Waals surface area contributed by atoms with Crippen molar-refractivity contribution in [2.24, 2.45) is 0 Å². The van der Waals surface area contributed by atoms with Crippen molar-refractivity contribution in [1.82, 2.24) is 0 Å². The first-order chi connectivity index (χ1) is 6.27. The lowest BCUT2D eigenvalue weighted by Gasteiger charge is -2.03. The topological polar surface area (TPSA) is 65.0 Å². The van der Waals surface area contributed by atoms with Crippen LogP contribution in [0.25, 0.3) is 0 Å². The molecule has 0 atom stereocenters. The molecule has 5 heteroatoms. The summed E-state index contributed by atoms with van der Waals surface area (Å²) in [5.41, 5.74) is 0. The fourth-order valence-electron chi connectivity index (χ4n) is 0.624. The predicted molar refractivity (Wildman–Crippen MR) is 45.8 cm³/mol. The van der Waals surface area contributed by atoms with Crippen LogP contribution in [0.3, 0.4) is 0 Å². The highest BCUT2D eigenvalue weighted by Gasteiger charge is 1.95. The summed E-state index contributed by atoms with van der Waals surface area (Å²) in [5.74, 6) is -0.847. The number of carboxylic acids is 1. The van der Waals surface area contributed by atoms with Crippen molar-refractivity contribution in [3.8, 4) is 0 Å². The van der Waals surface area contributed by atoms with Gasteiger partial charge in [0.15, 0.2) is 0 Å². The van der Waals surface area contributed by atoms with Crippen molar-refractivity contribution in [2.75, 3.05) is 40.1 Å². The number of carboxylic acid groups (broad SMARTS) is 1. The van der Waals surface area contributed by atoms with Gasteiger partial charge in [0, 0.05) is 7.11 Å². The van der Waals surface area contributed by atoms with Crippen LogP contribution >= 0.6 is 0 Å². The Labute approximate surface area is 77.6 Å². The molecule has 0 fully saturated rings. The summed E-state index contributed by atoms with van der Waals surface area (Å²) in [6.07, 6.45) is 0.0398. The lowest BCUT2D eigenvalue weighted by molar-refractivity contribution is -0.138. The molecule has 0 radical (unpaired) electrons. The van der Waals surface area contributed by atoms with E-state index in [-0.39, 0.29) is 13.0 Å². The first kappa shape index (κ1) is 12.3. The Kier molecular flexibility index (Phi) is 8.97. The van der Waals surface area contributed by atoms with Crippen LogP contribution in [-0.4, -0.2) is 51.2 Å². The Balaban J connectivity index is 2.87. The zero-order chi connectivity index (χ0) is 9.94. The third-order valence-electron chi connectivity index (χ3n) is 1.26. The van der Waals surface area contributed by atoms with Crippen molar-refractivity contribution < 1.29 is 24.1 Å². The second-order valence-electron chi connectivity index (χ2n) is 2.36. The van der Waals surface area contributed by atoms with Gasteiger partial charge in [-0.15, -0.1) is 0 Å². The van der Waals surface area contributed by atoms with E-state index in [1.807, 2.05) is 0 Å². The third kappa shape index (κ3) is 11.3. The van der Waals surface area contributed by atoms with E-state index in [0.29, 0.717) is 26.4 Å². The monoisotopic (exact) mass is 192 g/mol. The lowest BCUT2D eigenvalue weighted by atomic mass is 10.5.